The number of carbonyl (C=O) groups is 2. The Morgan fingerprint density at radius 2 is 1.33 bits per heavy atom. The Bertz CT molecular complexity index is 652. The fourth-order valence-corrected chi connectivity index (χ4v) is 1.75. The topological polar surface area (TPSA) is 72.6 Å². The summed E-state index contributed by atoms with van der Waals surface area (Å²) in [5, 5.41) is 15.1. The Morgan fingerprint density at radius 3 is 1.86 bits per heavy atom. The molecule has 0 heterocycles. The molecule has 0 radical (unpaired) electrons. The summed E-state index contributed by atoms with van der Waals surface area (Å²) in [4.78, 5) is 23.8. The maximum atomic E-state index is 11.8. The van der Waals surface area contributed by atoms with E-state index < -0.39 is 6.54 Å². The van der Waals surface area contributed by atoms with Crippen LogP contribution in [0.4, 0.5) is 0 Å². The molecule has 0 spiro atoms. The molecule has 0 aliphatic rings. The van der Waals surface area contributed by atoms with Gasteiger partial charge in [-0.3, -0.25) is 9.59 Å². The highest BCUT2D eigenvalue weighted by Gasteiger charge is 2.12. The van der Waals surface area contributed by atoms with Gasteiger partial charge >= 0.3 is 0 Å². The molecule has 2 aromatic carbocycles. The van der Waals surface area contributed by atoms with E-state index >= 15 is 0 Å². The van der Waals surface area contributed by atoms with Crippen LogP contribution in [0.2, 0.25) is 0 Å². The van der Waals surface area contributed by atoms with Gasteiger partial charge in [0.25, 0.3) is 0 Å². The summed E-state index contributed by atoms with van der Waals surface area (Å²) < 4.78 is 0. The van der Waals surface area contributed by atoms with E-state index in [2.05, 4.69) is 5.11 Å². The Morgan fingerprint density at radius 1 is 0.857 bits per heavy atom. The maximum absolute atomic E-state index is 11.8. The molecule has 5 nitrogen and oxygen atoms in total. The first-order valence-electron chi connectivity index (χ1n) is 6.45. The molecule has 5 heteroatoms. The van der Waals surface area contributed by atoms with Gasteiger partial charge in [-0.15, -0.1) is 0 Å². The summed E-state index contributed by atoms with van der Waals surface area (Å²) in [6.45, 7) is -0.665. The molecular formula is C16H14N2O3. The zero-order valence-electron chi connectivity index (χ0n) is 11.3. The van der Waals surface area contributed by atoms with Crippen LogP contribution in [0.5, 0.6) is 0 Å². The minimum Gasteiger partial charge on any atom is -0.600 e. The lowest BCUT2D eigenvalue weighted by Gasteiger charge is -2.01. The molecular weight excluding hydrogens is 268 g/mol. The Hall–Kier alpha value is -2.82. The van der Waals surface area contributed by atoms with Crippen molar-refractivity contribution in [2.45, 2.75) is 0 Å². The molecule has 0 bridgehead atoms. The van der Waals surface area contributed by atoms with E-state index in [9.17, 15) is 14.8 Å². The van der Waals surface area contributed by atoms with E-state index in [1.54, 1.807) is 60.7 Å². The lowest BCUT2D eigenvalue weighted by atomic mass is 10.1. The second-order valence-corrected chi connectivity index (χ2v) is 4.39. The van der Waals surface area contributed by atoms with Crippen LogP contribution >= 0.6 is 0 Å². The van der Waals surface area contributed by atoms with Crippen molar-refractivity contribution in [1.29, 1.82) is 0 Å². The normalized spacial score (nSPS) is 11.1. The van der Waals surface area contributed by atoms with Gasteiger partial charge in [0.05, 0.1) is 0 Å². The average molecular weight is 282 g/mol. The monoisotopic (exact) mass is 282 g/mol. The van der Waals surface area contributed by atoms with E-state index in [0.717, 1.165) is 0 Å². The van der Waals surface area contributed by atoms with Crippen molar-refractivity contribution < 1.29 is 14.4 Å². The van der Waals surface area contributed by atoms with Crippen molar-refractivity contribution in [1.82, 2.24) is 0 Å². The second kappa shape index (κ2) is 7.09. The van der Waals surface area contributed by atoms with E-state index in [-0.39, 0.29) is 23.0 Å². The van der Waals surface area contributed by atoms with Crippen molar-refractivity contribution in [3.05, 3.63) is 77.0 Å². The lowest BCUT2D eigenvalue weighted by molar-refractivity contribution is -0.516. The van der Waals surface area contributed by atoms with Crippen molar-refractivity contribution in [3.63, 3.8) is 0 Å². The number of hydrogen-bond acceptors (Lipinski definition) is 4. The number of hydrogen-bond donors (Lipinski definition) is 0. The quantitative estimate of drug-likeness (QED) is 0.354. The average Bonchev–Trinajstić information content (AvgIpc) is 2.54. The van der Waals surface area contributed by atoms with Crippen LogP contribution in [-0.2, 0) is 0 Å². The molecule has 2 rings (SSSR count). The molecule has 0 amide bonds. The molecule has 0 saturated heterocycles. The van der Waals surface area contributed by atoms with Crippen molar-refractivity contribution in [2.24, 2.45) is 5.11 Å². The first-order chi connectivity index (χ1) is 10.2. The largest absolute Gasteiger partial charge is 0.600 e. The van der Waals surface area contributed by atoms with Gasteiger partial charge in [0.1, 0.15) is 0 Å². The first-order valence-corrected chi connectivity index (χ1v) is 6.45. The van der Waals surface area contributed by atoms with Gasteiger partial charge in [0.15, 0.2) is 12.3 Å². The number of Topliss-reactive ketones (excluding diaryl/α,β-unsaturated/α-hetero) is 2. The SMILES string of the molecule is O=C(CN=[N+]([O-])CC(=O)c1ccccc1)c1ccccc1. The van der Waals surface area contributed by atoms with Crippen LogP contribution in [0.15, 0.2) is 65.8 Å². The highest BCUT2D eigenvalue weighted by Crippen LogP contribution is 2.02. The first kappa shape index (κ1) is 14.6. The van der Waals surface area contributed by atoms with Crippen molar-refractivity contribution in [3.8, 4) is 0 Å². The molecule has 2 aromatic rings. The third-order valence-electron chi connectivity index (χ3n) is 2.84. The number of ketones is 2. The molecule has 0 saturated carbocycles. The van der Waals surface area contributed by atoms with Crippen LogP contribution in [0.25, 0.3) is 0 Å². The number of benzene rings is 2. The van der Waals surface area contributed by atoms with Gasteiger partial charge in [-0.05, 0) is 5.11 Å². The van der Waals surface area contributed by atoms with Crippen LogP contribution in [-0.4, -0.2) is 29.5 Å². The van der Waals surface area contributed by atoms with Crippen LogP contribution in [0.3, 0.4) is 0 Å². The number of nitrogens with zero attached hydrogens (tertiary/aromatic N) is 2. The molecule has 0 fully saturated rings. The molecule has 0 unspecified atom stereocenters. The molecule has 0 aliphatic heterocycles. The minimum absolute atomic E-state index is 0.260. The van der Waals surface area contributed by atoms with Gasteiger partial charge < -0.3 is 5.21 Å². The van der Waals surface area contributed by atoms with Crippen LogP contribution < -0.4 is 0 Å². The molecule has 106 valence electrons. The van der Waals surface area contributed by atoms with Gasteiger partial charge in [0, 0.05) is 11.1 Å². The van der Waals surface area contributed by atoms with Gasteiger partial charge in [0.2, 0.25) is 12.3 Å². The Balaban J connectivity index is 1.93. The van der Waals surface area contributed by atoms with E-state index in [1.165, 1.54) is 0 Å². The maximum Gasteiger partial charge on any atom is 0.242 e. The fourth-order valence-electron chi connectivity index (χ4n) is 1.75. The van der Waals surface area contributed by atoms with E-state index in [1.807, 2.05) is 0 Å². The third-order valence-corrected chi connectivity index (χ3v) is 2.84. The van der Waals surface area contributed by atoms with E-state index in [0.29, 0.717) is 11.1 Å². The van der Waals surface area contributed by atoms with Crippen molar-refractivity contribution in [2.75, 3.05) is 13.1 Å². The number of carbonyl (C=O) groups excluding carboxylic acids is 2. The predicted octanol–water partition coefficient (Wildman–Crippen LogP) is 2.71. The van der Waals surface area contributed by atoms with Crippen LogP contribution in [0.1, 0.15) is 20.7 Å². The summed E-state index contributed by atoms with van der Waals surface area (Å²) >= 11 is 0. The molecule has 0 N–H and O–H groups in total. The van der Waals surface area contributed by atoms with E-state index in [4.69, 9.17) is 0 Å². The van der Waals surface area contributed by atoms with Gasteiger partial charge in [-0.1, -0.05) is 65.5 Å². The van der Waals surface area contributed by atoms with Crippen LogP contribution in [0, 0.1) is 5.21 Å². The predicted molar refractivity (Wildman–Crippen MR) is 77.3 cm³/mol. The highest BCUT2D eigenvalue weighted by molar-refractivity contribution is 5.97. The van der Waals surface area contributed by atoms with Gasteiger partial charge in [-0.2, -0.15) is 0 Å². The second-order valence-electron chi connectivity index (χ2n) is 4.39. The third kappa shape index (κ3) is 4.35. The molecule has 0 aliphatic carbocycles. The smallest absolute Gasteiger partial charge is 0.242 e. The highest BCUT2D eigenvalue weighted by atomic mass is 16.5. The Kier molecular flexibility index (Phi) is 4.93. The summed E-state index contributed by atoms with van der Waals surface area (Å²) in [5.41, 5.74) is 0.937. The lowest BCUT2D eigenvalue weighted by Crippen LogP contribution is -2.16. The summed E-state index contributed by atoms with van der Waals surface area (Å²) in [7, 11) is 0. The standard InChI is InChI=1S/C16H14N2O3/c19-15(13-7-3-1-4-8-13)11-17-18(21)12-16(20)14-9-5-2-6-10-14/h1-10H,11-12H2. The molecule has 0 aromatic heterocycles. The summed E-state index contributed by atoms with van der Waals surface area (Å²) in [5.74, 6) is -0.592. The molecule has 0 atom stereocenters. The summed E-state index contributed by atoms with van der Waals surface area (Å²) in [6.07, 6.45) is 0. The molecule has 21 heavy (non-hydrogen) atoms. The number of rotatable bonds is 6. The zero-order valence-corrected chi connectivity index (χ0v) is 11.3. The fraction of sp³-hybridized carbons (Fsp3) is 0.125. The van der Waals surface area contributed by atoms with Gasteiger partial charge in [-0.25, -0.2) is 0 Å². The number of azo groups is 1. The minimum atomic E-state index is -0.397. The zero-order chi connectivity index (χ0) is 15.1. The van der Waals surface area contributed by atoms with Crippen molar-refractivity contribution >= 4 is 11.6 Å². The Labute approximate surface area is 122 Å². The number of hydroxylamine groups is 1. The summed E-state index contributed by atoms with van der Waals surface area (Å²) in [6, 6.07) is 17.1.